The molecule has 0 nitrogen and oxygen atoms in total. The Morgan fingerprint density at radius 2 is 1.07 bits per heavy atom. The average Bonchev–Trinajstić information content (AvgIpc) is 2.67. The fraction of sp³-hybridized carbons (Fsp3) is 0. The zero-order chi connectivity index (χ0) is 19.3. The normalized spacial score (nSPS) is 11.0. The summed E-state index contributed by atoms with van der Waals surface area (Å²) in [6, 6.07) is 32.2. The lowest BCUT2D eigenvalue weighted by Crippen LogP contribution is -2.02. The molecule has 4 aromatic rings. The van der Waals surface area contributed by atoms with Gasteiger partial charge in [0.15, 0.2) is 0 Å². The Hall–Kier alpha value is -2.73. The standard InChI is InChI=1S/C21H15S.BF4/c1-3-9-16(10-4-1)19-15-21(17-11-5-2-6-12-17)22-20-14-8-7-13-18(19)20;2-1(3,4)5/h1-15H;/q+1;-1. The Bertz CT molecular complexity index is 1010. The average molecular weight is 386 g/mol. The topological polar surface area (TPSA) is 0 Å². The van der Waals surface area contributed by atoms with Gasteiger partial charge in [-0.1, -0.05) is 60.7 Å². The van der Waals surface area contributed by atoms with E-state index in [1.165, 1.54) is 31.7 Å². The molecule has 27 heavy (non-hydrogen) atoms. The van der Waals surface area contributed by atoms with Crippen molar-refractivity contribution in [1.29, 1.82) is 0 Å². The summed E-state index contributed by atoms with van der Waals surface area (Å²) in [6.07, 6.45) is 0. The third-order valence-corrected chi connectivity index (χ3v) is 4.97. The first-order valence-electron chi connectivity index (χ1n) is 8.26. The zero-order valence-electron chi connectivity index (χ0n) is 14.2. The molecule has 0 saturated heterocycles. The highest BCUT2D eigenvalue weighted by atomic mass is 32.1. The largest absolute Gasteiger partial charge is 0.673 e. The fourth-order valence-electron chi connectivity index (χ4n) is 2.74. The maximum atomic E-state index is 9.75. The van der Waals surface area contributed by atoms with Gasteiger partial charge in [0.2, 0.25) is 20.9 Å². The van der Waals surface area contributed by atoms with Crippen LogP contribution in [0.1, 0.15) is 0 Å². The summed E-state index contributed by atoms with van der Waals surface area (Å²) in [7, 11) is -6.00. The predicted octanol–water partition coefficient (Wildman–Crippen LogP) is 7.82. The second-order valence-corrected chi connectivity index (χ2v) is 6.83. The van der Waals surface area contributed by atoms with E-state index >= 15 is 0 Å². The lowest BCUT2D eigenvalue weighted by atomic mass is 10.0. The molecule has 0 aliphatic rings. The van der Waals surface area contributed by atoms with Gasteiger partial charge in [-0.15, -0.1) is 0 Å². The van der Waals surface area contributed by atoms with Gasteiger partial charge >= 0.3 is 7.25 Å². The summed E-state index contributed by atoms with van der Waals surface area (Å²) in [5.74, 6) is 0. The van der Waals surface area contributed by atoms with Crippen LogP contribution in [0.15, 0.2) is 91.0 Å². The van der Waals surface area contributed by atoms with E-state index in [4.69, 9.17) is 0 Å². The van der Waals surface area contributed by atoms with Crippen LogP contribution in [0, 0.1) is 0 Å². The van der Waals surface area contributed by atoms with Gasteiger partial charge in [0, 0.05) is 28.6 Å². The summed E-state index contributed by atoms with van der Waals surface area (Å²) in [5, 5.41) is 1.32. The molecule has 6 heteroatoms. The molecule has 136 valence electrons. The highest BCUT2D eigenvalue weighted by Gasteiger charge is 2.20. The van der Waals surface area contributed by atoms with E-state index < -0.39 is 7.25 Å². The maximum Gasteiger partial charge on any atom is 0.673 e. The third kappa shape index (κ3) is 5.37. The molecule has 1 aromatic heterocycles. The lowest BCUT2D eigenvalue weighted by Gasteiger charge is -2.04. The number of hydrogen-bond acceptors (Lipinski definition) is 0. The quantitative estimate of drug-likeness (QED) is 0.187. The van der Waals surface area contributed by atoms with Gasteiger partial charge in [-0.3, -0.25) is 0 Å². The highest BCUT2D eigenvalue weighted by Crippen LogP contribution is 2.37. The molecular weight excluding hydrogens is 371 g/mol. The molecule has 0 aliphatic carbocycles. The second kappa shape index (κ2) is 8.31. The SMILES string of the molecule is F[B-](F)(F)F.c1ccc(-c2cc(-c3ccccc3)c3ccccc3[s+]2)cc1. The summed E-state index contributed by atoms with van der Waals surface area (Å²) in [5.41, 5.74) is 3.84. The van der Waals surface area contributed by atoms with E-state index in [2.05, 4.69) is 91.0 Å². The lowest BCUT2D eigenvalue weighted by molar-refractivity contribution is 0.368. The van der Waals surface area contributed by atoms with E-state index in [0.717, 1.165) is 0 Å². The Morgan fingerprint density at radius 3 is 1.67 bits per heavy atom. The first kappa shape index (κ1) is 19.0. The van der Waals surface area contributed by atoms with Crippen LogP contribution in [-0.4, -0.2) is 7.25 Å². The Labute approximate surface area is 158 Å². The Kier molecular flexibility index (Phi) is 5.86. The molecule has 0 N–H and O–H groups in total. The van der Waals surface area contributed by atoms with E-state index in [0.29, 0.717) is 0 Å². The van der Waals surface area contributed by atoms with Crippen molar-refractivity contribution >= 4 is 28.7 Å². The Morgan fingerprint density at radius 1 is 0.593 bits per heavy atom. The number of hydrogen-bond donors (Lipinski definition) is 0. The van der Waals surface area contributed by atoms with Gasteiger partial charge in [-0.25, -0.2) is 0 Å². The van der Waals surface area contributed by atoms with Crippen LogP contribution in [-0.2, 0) is 0 Å². The van der Waals surface area contributed by atoms with Crippen LogP contribution in [0.2, 0.25) is 0 Å². The molecule has 0 unspecified atom stereocenters. The number of benzene rings is 3. The van der Waals surface area contributed by atoms with Crippen molar-refractivity contribution < 1.29 is 17.3 Å². The summed E-state index contributed by atoms with van der Waals surface area (Å²) < 4.78 is 40.3. The number of halogens is 4. The van der Waals surface area contributed by atoms with Crippen LogP contribution in [0.3, 0.4) is 0 Å². The van der Waals surface area contributed by atoms with Crippen molar-refractivity contribution in [3.63, 3.8) is 0 Å². The fourth-order valence-corrected chi connectivity index (χ4v) is 3.84. The van der Waals surface area contributed by atoms with Gasteiger partial charge in [-0.2, -0.15) is 0 Å². The molecule has 0 radical (unpaired) electrons. The first-order valence-corrected chi connectivity index (χ1v) is 9.07. The first-order chi connectivity index (χ1) is 12.9. The van der Waals surface area contributed by atoms with Crippen LogP contribution < -0.4 is 0 Å². The van der Waals surface area contributed by atoms with Crippen molar-refractivity contribution in [2.45, 2.75) is 0 Å². The minimum atomic E-state index is -6.00. The highest BCUT2D eigenvalue weighted by molar-refractivity contribution is 7.21. The molecule has 0 fully saturated rings. The molecule has 0 saturated carbocycles. The number of rotatable bonds is 2. The Balaban J connectivity index is 0.000000376. The van der Waals surface area contributed by atoms with E-state index in [1.807, 2.05) is 11.3 Å². The van der Waals surface area contributed by atoms with Crippen molar-refractivity contribution in [3.05, 3.63) is 91.0 Å². The van der Waals surface area contributed by atoms with Gasteiger partial charge < -0.3 is 17.3 Å². The van der Waals surface area contributed by atoms with Crippen molar-refractivity contribution in [2.24, 2.45) is 0 Å². The molecule has 0 amide bonds. The van der Waals surface area contributed by atoms with E-state index in [1.54, 1.807) is 0 Å². The minimum Gasteiger partial charge on any atom is -0.418 e. The second-order valence-electron chi connectivity index (χ2n) is 5.75. The van der Waals surface area contributed by atoms with Crippen LogP contribution in [0.5, 0.6) is 0 Å². The zero-order valence-corrected chi connectivity index (χ0v) is 15.0. The van der Waals surface area contributed by atoms with Crippen LogP contribution >= 0.6 is 11.3 Å². The molecule has 1 heterocycles. The monoisotopic (exact) mass is 386 g/mol. The molecular formula is C21H15BF4S. The molecule has 0 spiro atoms. The van der Waals surface area contributed by atoms with E-state index in [9.17, 15) is 17.3 Å². The molecule has 0 aliphatic heterocycles. The summed E-state index contributed by atoms with van der Waals surface area (Å²) >= 11 is 1.85. The smallest absolute Gasteiger partial charge is 0.418 e. The van der Waals surface area contributed by atoms with Gasteiger partial charge in [-0.05, 0) is 23.8 Å². The van der Waals surface area contributed by atoms with Crippen LogP contribution in [0.25, 0.3) is 31.7 Å². The van der Waals surface area contributed by atoms with Gasteiger partial charge in [0.25, 0.3) is 0 Å². The van der Waals surface area contributed by atoms with Gasteiger partial charge in [0.1, 0.15) is 0 Å². The number of fused-ring (bicyclic) bond motifs is 1. The minimum absolute atomic E-state index is 1.27. The molecule has 4 rings (SSSR count). The molecule has 3 aromatic carbocycles. The predicted molar refractivity (Wildman–Crippen MR) is 107 cm³/mol. The van der Waals surface area contributed by atoms with Crippen molar-refractivity contribution in [3.8, 4) is 21.6 Å². The molecule has 0 bridgehead atoms. The third-order valence-electron chi connectivity index (χ3n) is 3.82. The molecule has 0 atom stereocenters. The maximum absolute atomic E-state index is 9.75. The van der Waals surface area contributed by atoms with Gasteiger partial charge in [0.05, 0.1) is 0 Å². The van der Waals surface area contributed by atoms with E-state index in [-0.39, 0.29) is 0 Å². The van der Waals surface area contributed by atoms with Crippen molar-refractivity contribution in [2.75, 3.05) is 0 Å². The van der Waals surface area contributed by atoms with Crippen molar-refractivity contribution in [1.82, 2.24) is 0 Å². The summed E-state index contributed by atoms with van der Waals surface area (Å²) in [6.45, 7) is 0. The summed E-state index contributed by atoms with van der Waals surface area (Å²) in [4.78, 5) is 1.30. The van der Waals surface area contributed by atoms with Crippen LogP contribution in [0.4, 0.5) is 17.3 Å².